The second-order valence-electron chi connectivity index (χ2n) is 1.60. The van der Waals surface area contributed by atoms with Crippen LogP contribution in [0.5, 0.6) is 0 Å². The van der Waals surface area contributed by atoms with Gasteiger partial charge in [-0.1, -0.05) is 5.21 Å². The van der Waals surface area contributed by atoms with Gasteiger partial charge in [0.05, 0.1) is 6.20 Å². The number of aryl methyl sites for hydroxylation is 1. The van der Waals surface area contributed by atoms with Crippen LogP contribution in [0, 0.1) is 0 Å². The average molecular weight is 138 g/mol. The lowest BCUT2D eigenvalue weighted by molar-refractivity contribution is 0.630. The van der Waals surface area contributed by atoms with Gasteiger partial charge in [0.15, 0.2) is 0 Å². The Balaban J connectivity index is 3.00. The molecule has 0 N–H and O–H groups in total. The summed E-state index contributed by atoms with van der Waals surface area (Å²) in [6.45, 7) is 2.55. The maximum atomic E-state index is 8.05. The van der Waals surface area contributed by atoms with Gasteiger partial charge in [-0.3, -0.25) is 0 Å². The summed E-state index contributed by atoms with van der Waals surface area (Å²) in [5.41, 5.74) is 8.05. The van der Waals surface area contributed by atoms with E-state index >= 15 is 0 Å². The highest BCUT2D eigenvalue weighted by atomic mass is 15.5. The smallest absolute Gasteiger partial charge is 0.145 e. The lowest BCUT2D eigenvalue weighted by atomic mass is 10.7. The van der Waals surface area contributed by atoms with Crippen molar-refractivity contribution in [2.24, 2.45) is 5.11 Å². The van der Waals surface area contributed by atoms with E-state index in [0.717, 1.165) is 0 Å². The third-order valence-corrected chi connectivity index (χ3v) is 1.04. The Morgan fingerprint density at radius 2 is 2.70 bits per heavy atom. The van der Waals surface area contributed by atoms with E-state index in [1.54, 1.807) is 0 Å². The fourth-order valence-corrected chi connectivity index (χ4v) is 0.601. The Bertz CT molecular complexity index is 256. The molecule has 0 atom stereocenters. The molecular formula is C4H6N6. The van der Waals surface area contributed by atoms with E-state index in [2.05, 4.69) is 20.3 Å². The fourth-order valence-electron chi connectivity index (χ4n) is 0.601. The molecule has 0 fully saturated rings. The molecule has 10 heavy (non-hydrogen) atoms. The molecule has 1 aromatic heterocycles. The van der Waals surface area contributed by atoms with Crippen LogP contribution in [0.3, 0.4) is 0 Å². The summed E-state index contributed by atoms with van der Waals surface area (Å²) >= 11 is 0. The highest BCUT2D eigenvalue weighted by molar-refractivity contribution is 5.20. The van der Waals surface area contributed by atoms with Gasteiger partial charge in [0, 0.05) is 11.5 Å². The molecule has 0 aromatic carbocycles. The SMILES string of the molecule is CCn1nncc1N=[N+]=[N-]. The molecule has 1 rings (SSSR count). The Hall–Kier alpha value is -1.55. The van der Waals surface area contributed by atoms with Gasteiger partial charge in [0.1, 0.15) is 5.82 Å². The quantitative estimate of drug-likeness (QED) is 0.350. The van der Waals surface area contributed by atoms with Crippen molar-refractivity contribution in [3.05, 3.63) is 16.6 Å². The normalized spacial score (nSPS) is 8.90. The van der Waals surface area contributed by atoms with Crippen LogP contribution in [0.4, 0.5) is 5.82 Å². The van der Waals surface area contributed by atoms with E-state index in [4.69, 9.17) is 5.53 Å². The van der Waals surface area contributed by atoms with Crippen molar-refractivity contribution in [1.29, 1.82) is 0 Å². The highest BCUT2D eigenvalue weighted by Gasteiger charge is 1.95. The van der Waals surface area contributed by atoms with Gasteiger partial charge in [-0.05, 0) is 17.6 Å². The maximum absolute atomic E-state index is 8.05. The molecule has 6 nitrogen and oxygen atoms in total. The van der Waals surface area contributed by atoms with E-state index < -0.39 is 0 Å². The van der Waals surface area contributed by atoms with Gasteiger partial charge in [0.25, 0.3) is 0 Å². The highest BCUT2D eigenvalue weighted by Crippen LogP contribution is 2.07. The van der Waals surface area contributed by atoms with Crippen LogP contribution in [-0.2, 0) is 6.54 Å². The minimum Gasteiger partial charge on any atom is -0.243 e. The van der Waals surface area contributed by atoms with Crippen LogP contribution in [0.15, 0.2) is 11.3 Å². The molecule has 0 aliphatic rings. The molecule has 0 bridgehead atoms. The van der Waals surface area contributed by atoms with Gasteiger partial charge in [-0.15, -0.1) is 5.10 Å². The molecule has 0 radical (unpaired) electrons. The van der Waals surface area contributed by atoms with Gasteiger partial charge in [0.2, 0.25) is 0 Å². The first-order chi connectivity index (χ1) is 4.88. The Morgan fingerprint density at radius 1 is 1.90 bits per heavy atom. The zero-order chi connectivity index (χ0) is 7.40. The van der Waals surface area contributed by atoms with E-state index in [9.17, 15) is 0 Å². The molecule has 0 aliphatic carbocycles. The maximum Gasteiger partial charge on any atom is 0.145 e. The Kier molecular flexibility index (Phi) is 1.86. The third kappa shape index (κ3) is 1.06. The summed E-state index contributed by atoms with van der Waals surface area (Å²) in [4.78, 5) is 2.61. The first-order valence-electron chi connectivity index (χ1n) is 2.82. The van der Waals surface area contributed by atoms with Gasteiger partial charge in [-0.2, -0.15) is 0 Å². The van der Waals surface area contributed by atoms with Crippen LogP contribution in [0.1, 0.15) is 6.92 Å². The molecular weight excluding hydrogens is 132 g/mol. The number of aromatic nitrogens is 3. The van der Waals surface area contributed by atoms with Crippen molar-refractivity contribution in [1.82, 2.24) is 15.0 Å². The third-order valence-electron chi connectivity index (χ3n) is 1.04. The molecule has 1 aromatic rings. The summed E-state index contributed by atoms with van der Waals surface area (Å²) in [5.74, 6) is 0.449. The number of azide groups is 1. The number of rotatable bonds is 2. The number of nitrogens with zero attached hydrogens (tertiary/aromatic N) is 6. The number of hydrogen-bond acceptors (Lipinski definition) is 3. The minimum atomic E-state index is 0.449. The molecule has 6 heteroatoms. The summed E-state index contributed by atoms with van der Waals surface area (Å²) in [6, 6.07) is 0. The molecule has 0 saturated carbocycles. The van der Waals surface area contributed by atoms with Gasteiger partial charge >= 0.3 is 0 Å². The van der Waals surface area contributed by atoms with Crippen molar-refractivity contribution < 1.29 is 0 Å². The average Bonchev–Trinajstić information content (AvgIpc) is 2.36. The summed E-state index contributed by atoms with van der Waals surface area (Å²) in [5, 5.41) is 10.6. The van der Waals surface area contributed by atoms with Crippen molar-refractivity contribution in [2.45, 2.75) is 13.5 Å². The van der Waals surface area contributed by atoms with Crippen LogP contribution in [0.2, 0.25) is 0 Å². The van der Waals surface area contributed by atoms with Crippen LogP contribution >= 0.6 is 0 Å². The lowest BCUT2D eigenvalue weighted by Gasteiger charge is -1.92. The first-order valence-corrected chi connectivity index (χ1v) is 2.82. The Morgan fingerprint density at radius 3 is 3.30 bits per heavy atom. The first kappa shape index (κ1) is 6.57. The molecule has 0 amide bonds. The lowest BCUT2D eigenvalue weighted by Crippen LogP contribution is -1.94. The van der Waals surface area contributed by atoms with Crippen molar-refractivity contribution in [3.8, 4) is 0 Å². The molecule has 0 saturated heterocycles. The van der Waals surface area contributed by atoms with E-state index in [1.165, 1.54) is 10.9 Å². The van der Waals surface area contributed by atoms with E-state index in [-0.39, 0.29) is 0 Å². The predicted molar refractivity (Wildman–Crippen MR) is 34.5 cm³/mol. The van der Waals surface area contributed by atoms with Gasteiger partial charge < -0.3 is 0 Å². The zero-order valence-corrected chi connectivity index (χ0v) is 5.47. The van der Waals surface area contributed by atoms with E-state index in [0.29, 0.717) is 12.4 Å². The van der Waals surface area contributed by atoms with Crippen LogP contribution in [-0.4, -0.2) is 15.0 Å². The fraction of sp³-hybridized carbons (Fsp3) is 0.500. The van der Waals surface area contributed by atoms with Crippen LogP contribution < -0.4 is 0 Å². The second-order valence-corrected chi connectivity index (χ2v) is 1.60. The van der Waals surface area contributed by atoms with Crippen molar-refractivity contribution in [2.75, 3.05) is 0 Å². The summed E-state index contributed by atoms with van der Waals surface area (Å²) < 4.78 is 1.51. The predicted octanol–water partition coefficient (Wildman–Crippen LogP) is 1.24. The second kappa shape index (κ2) is 2.84. The van der Waals surface area contributed by atoms with Crippen molar-refractivity contribution >= 4 is 5.82 Å². The Labute approximate surface area is 57.1 Å². The molecule has 0 spiro atoms. The minimum absolute atomic E-state index is 0.449. The van der Waals surface area contributed by atoms with E-state index in [1.807, 2.05) is 6.92 Å². The monoisotopic (exact) mass is 138 g/mol. The van der Waals surface area contributed by atoms with Gasteiger partial charge in [-0.25, -0.2) is 4.68 Å². The largest absolute Gasteiger partial charge is 0.243 e. The molecule has 0 aliphatic heterocycles. The molecule has 1 heterocycles. The summed E-state index contributed by atoms with van der Waals surface area (Å²) in [7, 11) is 0. The van der Waals surface area contributed by atoms with Crippen molar-refractivity contribution in [3.63, 3.8) is 0 Å². The van der Waals surface area contributed by atoms with Crippen LogP contribution in [0.25, 0.3) is 10.4 Å². The topological polar surface area (TPSA) is 79.5 Å². The zero-order valence-electron chi connectivity index (χ0n) is 5.47. The molecule has 52 valence electrons. The standard InChI is InChI=1S/C4H6N6/c1-2-10-4(7-8-5)3-6-9-10/h3H,2H2,1H3. The molecule has 0 unspecified atom stereocenters. The number of hydrogen-bond donors (Lipinski definition) is 0. The summed E-state index contributed by atoms with van der Waals surface area (Å²) in [6.07, 6.45) is 1.42.